The highest BCUT2D eigenvalue weighted by Crippen LogP contribution is 2.53. The SMILES string of the molecule is CC(C)c1cccc2c1oc1ccc3c(N4c5ccccc5C(c5ccccc5)=C5C=CC=CC54)cc4c(C(=Nc5ccccc5)c5ccccc5)cc5c(oc6cccc(C(F)(F)F)c65)c4c3c12. The molecular weight excluding hydrogens is 862 g/mol. The molecule has 7 heteroatoms. The van der Waals surface area contributed by atoms with Crippen LogP contribution in [0.5, 0.6) is 0 Å². The van der Waals surface area contributed by atoms with Crippen molar-refractivity contribution in [2.24, 2.45) is 4.99 Å². The Balaban J connectivity index is 1.27. The van der Waals surface area contributed by atoms with E-state index in [1.165, 1.54) is 6.07 Å². The summed E-state index contributed by atoms with van der Waals surface area (Å²) in [6.45, 7) is 4.31. The van der Waals surface area contributed by atoms with Crippen molar-refractivity contribution in [3.63, 3.8) is 0 Å². The van der Waals surface area contributed by atoms with E-state index in [1.807, 2.05) is 78.9 Å². The number of anilines is 2. The Hall–Kier alpha value is -8.42. The highest BCUT2D eigenvalue weighted by atomic mass is 19.4. The number of furan rings is 2. The van der Waals surface area contributed by atoms with Gasteiger partial charge in [0.2, 0.25) is 0 Å². The van der Waals surface area contributed by atoms with Gasteiger partial charge in [-0.25, -0.2) is 4.99 Å². The van der Waals surface area contributed by atoms with Crippen LogP contribution >= 0.6 is 0 Å². The third-order valence-corrected chi connectivity index (χ3v) is 13.9. The van der Waals surface area contributed by atoms with E-state index in [9.17, 15) is 0 Å². The Bertz CT molecular complexity index is 4020. The number of nitrogens with zero attached hydrogens (tertiary/aromatic N) is 2. The molecule has 2 aromatic heterocycles. The predicted octanol–water partition coefficient (Wildman–Crippen LogP) is 17.6. The molecule has 1 unspecified atom stereocenters. The molecule has 1 aliphatic carbocycles. The number of benzene rings is 9. The molecule has 0 saturated heterocycles. The predicted molar refractivity (Wildman–Crippen MR) is 276 cm³/mol. The molecular formula is C62H41F3N2O2. The quantitative estimate of drug-likeness (QED) is 0.123. The van der Waals surface area contributed by atoms with Crippen LogP contribution in [0.2, 0.25) is 0 Å². The van der Waals surface area contributed by atoms with E-state index >= 15 is 13.2 Å². The van der Waals surface area contributed by atoms with E-state index in [-0.39, 0.29) is 22.9 Å². The Morgan fingerprint density at radius 3 is 2.07 bits per heavy atom. The van der Waals surface area contributed by atoms with Crippen molar-refractivity contribution in [1.29, 1.82) is 0 Å². The molecule has 3 heterocycles. The summed E-state index contributed by atoms with van der Waals surface area (Å²) in [5.74, 6) is 0.157. The van der Waals surface area contributed by atoms with Crippen LogP contribution in [0.1, 0.15) is 53.1 Å². The van der Waals surface area contributed by atoms with Crippen LogP contribution in [0.4, 0.5) is 30.2 Å². The second-order valence-corrected chi connectivity index (χ2v) is 18.2. The lowest BCUT2D eigenvalue weighted by molar-refractivity contribution is -0.136. The van der Waals surface area contributed by atoms with Crippen LogP contribution in [0.25, 0.3) is 71.0 Å². The van der Waals surface area contributed by atoms with E-state index in [0.717, 1.165) is 83.4 Å². The number of aliphatic imine (C=N–C) groups is 1. The summed E-state index contributed by atoms with van der Waals surface area (Å²) in [5, 5.41) is 5.28. The Labute approximate surface area is 395 Å². The number of hydrogen-bond acceptors (Lipinski definition) is 4. The Morgan fingerprint density at radius 2 is 1.29 bits per heavy atom. The van der Waals surface area contributed by atoms with Crippen molar-refractivity contribution in [2.75, 3.05) is 4.90 Å². The first kappa shape index (κ1) is 40.8. The molecule has 2 aliphatic rings. The zero-order valence-corrected chi connectivity index (χ0v) is 37.6. The summed E-state index contributed by atoms with van der Waals surface area (Å²) in [6, 6.07) is 57.2. The molecule has 0 radical (unpaired) electrons. The minimum absolute atomic E-state index is 0.00567. The van der Waals surface area contributed by atoms with Crippen molar-refractivity contribution in [1.82, 2.24) is 0 Å². The summed E-state index contributed by atoms with van der Waals surface area (Å²) >= 11 is 0. The van der Waals surface area contributed by atoms with E-state index in [1.54, 1.807) is 6.07 Å². The lowest BCUT2D eigenvalue weighted by Crippen LogP contribution is -2.36. The van der Waals surface area contributed by atoms with Gasteiger partial charge in [0.1, 0.15) is 22.3 Å². The van der Waals surface area contributed by atoms with Crippen molar-refractivity contribution in [3.8, 4) is 0 Å². The molecule has 1 atom stereocenters. The number of para-hydroxylation sites is 3. The maximum atomic E-state index is 15.3. The van der Waals surface area contributed by atoms with Crippen molar-refractivity contribution in [2.45, 2.75) is 32.0 Å². The van der Waals surface area contributed by atoms with Crippen molar-refractivity contribution in [3.05, 3.63) is 239 Å². The summed E-state index contributed by atoms with van der Waals surface area (Å²) in [7, 11) is 0. The fraction of sp³-hybridized carbons (Fsp3) is 0.0806. The van der Waals surface area contributed by atoms with Gasteiger partial charge in [-0.2, -0.15) is 13.2 Å². The molecule has 0 saturated carbocycles. The van der Waals surface area contributed by atoms with Gasteiger partial charge in [0, 0.05) is 60.1 Å². The van der Waals surface area contributed by atoms with Gasteiger partial charge in [0.05, 0.1) is 28.7 Å². The molecule has 4 nitrogen and oxygen atoms in total. The molecule has 9 aromatic carbocycles. The third kappa shape index (κ3) is 6.34. The second kappa shape index (κ2) is 15.6. The molecule has 332 valence electrons. The molecule has 11 aromatic rings. The standard InChI is InChI=1S/C62H41F3N2O2/c1-36(2)40-26-16-27-44-56-53(68-60(40)44)33-32-43-51(67-49-29-14-12-24-41(49)54(37-18-6-3-7-19-37)42-25-13-15-30-50(42)67)35-45-46(59(38-20-8-4-9-21-38)66-39-22-10-5-11-23-39)34-47-55-48(62(63,64)65)28-17-31-52(55)69-61(47)58(45)57(43)56/h3-36,49H,1-2H3. The zero-order valence-electron chi connectivity index (χ0n) is 37.6. The summed E-state index contributed by atoms with van der Waals surface area (Å²) < 4.78 is 59.7. The maximum absolute atomic E-state index is 15.3. The number of rotatable bonds is 6. The molecule has 0 spiro atoms. The van der Waals surface area contributed by atoms with Gasteiger partial charge in [-0.1, -0.05) is 159 Å². The van der Waals surface area contributed by atoms with Crippen molar-refractivity contribution < 1.29 is 22.0 Å². The van der Waals surface area contributed by atoms with Gasteiger partial charge in [0.25, 0.3) is 0 Å². The lowest BCUT2D eigenvalue weighted by atomic mass is 9.81. The minimum atomic E-state index is -4.66. The van der Waals surface area contributed by atoms with E-state index in [4.69, 9.17) is 13.8 Å². The first-order chi connectivity index (χ1) is 33.7. The lowest BCUT2D eigenvalue weighted by Gasteiger charge is -2.41. The molecule has 13 rings (SSSR count). The highest BCUT2D eigenvalue weighted by molar-refractivity contribution is 6.38. The monoisotopic (exact) mass is 902 g/mol. The van der Waals surface area contributed by atoms with Crippen LogP contribution in [0.3, 0.4) is 0 Å². The average molecular weight is 903 g/mol. The van der Waals surface area contributed by atoms with Gasteiger partial charge >= 0.3 is 6.18 Å². The molecule has 0 amide bonds. The van der Waals surface area contributed by atoms with Crippen LogP contribution < -0.4 is 4.90 Å². The van der Waals surface area contributed by atoms with Gasteiger partial charge in [0.15, 0.2) is 0 Å². The van der Waals surface area contributed by atoms with Crippen LogP contribution in [-0.4, -0.2) is 11.8 Å². The number of halogens is 3. The molecule has 0 N–H and O–H groups in total. The summed E-state index contributed by atoms with van der Waals surface area (Å²) in [6.07, 6.45) is 4.02. The Kier molecular flexibility index (Phi) is 9.21. The summed E-state index contributed by atoms with van der Waals surface area (Å²) in [4.78, 5) is 7.82. The number of allylic oxidation sites excluding steroid dienone is 2. The summed E-state index contributed by atoms with van der Waals surface area (Å²) in [5.41, 5.74) is 11.5. The van der Waals surface area contributed by atoms with Crippen LogP contribution in [0.15, 0.2) is 220 Å². The first-order valence-corrected chi connectivity index (χ1v) is 23.3. The maximum Gasteiger partial charge on any atom is 0.417 e. The normalized spacial score (nSPS) is 15.2. The van der Waals surface area contributed by atoms with Gasteiger partial charge in [-0.15, -0.1) is 0 Å². The smallest absolute Gasteiger partial charge is 0.417 e. The van der Waals surface area contributed by atoms with Crippen molar-refractivity contribution >= 4 is 93.8 Å². The molecule has 1 aliphatic heterocycles. The topological polar surface area (TPSA) is 41.9 Å². The molecule has 69 heavy (non-hydrogen) atoms. The van der Waals surface area contributed by atoms with E-state index in [0.29, 0.717) is 38.9 Å². The van der Waals surface area contributed by atoms with Gasteiger partial charge in [-0.3, -0.25) is 0 Å². The van der Waals surface area contributed by atoms with Gasteiger partial charge < -0.3 is 13.7 Å². The van der Waals surface area contributed by atoms with E-state index < -0.39 is 11.7 Å². The fourth-order valence-electron chi connectivity index (χ4n) is 11.0. The zero-order chi connectivity index (χ0) is 46.5. The van der Waals surface area contributed by atoms with Gasteiger partial charge in [-0.05, 0) is 88.2 Å². The second-order valence-electron chi connectivity index (χ2n) is 18.2. The average Bonchev–Trinajstić information content (AvgIpc) is 3.96. The number of alkyl halides is 3. The third-order valence-electron chi connectivity index (χ3n) is 13.9. The van der Waals surface area contributed by atoms with Crippen LogP contribution in [0, 0.1) is 0 Å². The van der Waals surface area contributed by atoms with Crippen LogP contribution in [-0.2, 0) is 6.18 Å². The number of hydrogen-bond donors (Lipinski definition) is 0. The largest absolute Gasteiger partial charge is 0.456 e. The number of fused-ring (bicyclic) bond motifs is 13. The molecule has 0 bridgehead atoms. The van der Waals surface area contributed by atoms with E-state index in [2.05, 4.69) is 122 Å². The minimum Gasteiger partial charge on any atom is -0.456 e. The first-order valence-electron chi connectivity index (χ1n) is 23.3. The molecule has 0 fully saturated rings. The Morgan fingerprint density at radius 1 is 0.580 bits per heavy atom. The highest BCUT2D eigenvalue weighted by Gasteiger charge is 2.37. The fourth-order valence-corrected chi connectivity index (χ4v) is 11.0.